The summed E-state index contributed by atoms with van der Waals surface area (Å²) in [6.45, 7) is 1.23. The topological polar surface area (TPSA) is 68.2 Å². The number of methoxy groups -OCH3 is 1. The summed E-state index contributed by atoms with van der Waals surface area (Å²) in [4.78, 5) is 28.4. The molecule has 1 fully saturated rings. The Labute approximate surface area is 215 Å². The Balaban J connectivity index is 1.38. The fourth-order valence-corrected chi connectivity index (χ4v) is 4.62. The normalized spacial score (nSPS) is 14.2. The second-order valence-electron chi connectivity index (χ2n) is 8.95. The molecule has 0 unspecified atom stereocenters. The Hall–Kier alpha value is -4.39. The van der Waals surface area contributed by atoms with Crippen LogP contribution in [-0.4, -0.2) is 46.0 Å². The van der Waals surface area contributed by atoms with Crippen LogP contribution in [0.4, 0.5) is 4.39 Å². The number of piperidine rings is 1. The number of rotatable bonds is 6. The fraction of sp³-hybridized carbons (Fsp3) is 0.200. The van der Waals surface area contributed by atoms with Crippen molar-refractivity contribution in [2.75, 3.05) is 20.2 Å². The van der Waals surface area contributed by atoms with E-state index in [9.17, 15) is 9.18 Å². The van der Waals surface area contributed by atoms with E-state index >= 15 is 0 Å². The van der Waals surface area contributed by atoms with E-state index in [1.807, 2.05) is 47.5 Å². The Morgan fingerprint density at radius 1 is 1.03 bits per heavy atom. The van der Waals surface area contributed by atoms with Gasteiger partial charge >= 0.3 is 0 Å². The molecule has 2 aromatic heterocycles. The molecule has 37 heavy (non-hydrogen) atoms. The van der Waals surface area contributed by atoms with Gasteiger partial charge in [-0.1, -0.05) is 24.3 Å². The van der Waals surface area contributed by atoms with Crippen LogP contribution in [0.5, 0.6) is 5.75 Å². The minimum Gasteiger partial charge on any atom is -0.497 e. The Morgan fingerprint density at radius 2 is 1.81 bits per heavy atom. The van der Waals surface area contributed by atoms with Gasteiger partial charge in [-0.05, 0) is 66.4 Å². The van der Waals surface area contributed by atoms with Crippen LogP contribution in [0.1, 0.15) is 30.0 Å². The Morgan fingerprint density at radius 3 is 2.57 bits per heavy atom. The molecule has 1 aliphatic rings. The van der Waals surface area contributed by atoms with Gasteiger partial charge in [-0.25, -0.2) is 14.4 Å². The summed E-state index contributed by atoms with van der Waals surface area (Å²) in [6, 6.07) is 17.9. The second-order valence-corrected chi connectivity index (χ2v) is 8.95. The lowest BCUT2D eigenvalue weighted by molar-refractivity contribution is -0.126. The zero-order valence-corrected chi connectivity index (χ0v) is 20.5. The van der Waals surface area contributed by atoms with Crippen LogP contribution < -0.4 is 4.74 Å². The second kappa shape index (κ2) is 11.1. The molecule has 6 nitrogen and oxygen atoms in total. The van der Waals surface area contributed by atoms with Gasteiger partial charge < -0.3 is 9.64 Å². The number of hydrogen-bond donors (Lipinski definition) is 0. The highest BCUT2D eigenvalue weighted by atomic mass is 19.1. The maximum absolute atomic E-state index is 13.4. The summed E-state index contributed by atoms with van der Waals surface area (Å²) in [5.74, 6) is 1.20. The van der Waals surface area contributed by atoms with Gasteiger partial charge in [0.15, 0.2) is 5.82 Å². The van der Waals surface area contributed by atoms with Crippen LogP contribution in [0.2, 0.25) is 0 Å². The highest BCUT2D eigenvalue weighted by Gasteiger charge is 2.27. The van der Waals surface area contributed by atoms with Crippen LogP contribution in [0, 0.1) is 5.82 Å². The number of nitrogens with zero attached hydrogens (tertiary/aromatic N) is 4. The number of benzene rings is 2. The molecule has 0 aliphatic carbocycles. The molecule has 0 saturated carbocycles. The van der Waals surface area contributed by atoms with Crippen molar-refractivity contribution >= 4 is 12.0 Å². The number of ether oxygens (including phenoxy) is 1. The minimum atomic E-state index is -0.321. The first-order valence-corrected chi connectivity index (χ1v) is 12.2. The van der Waals surface area contributed by atoms with E-state index in [2.05, 4.69) is 9.97 Å². The maximum Gasteiger partial charge on any atom is 0.246 e. The van der Waals surface area contributed by atoms with Crippen LogP contribution >= 0.6 is 0 Å². The first-order chi connectivity index (χ1) is 18.1. The van der Waals surface area contributed by atoms with Gasteiger partial charge in [0.1, 0.15) is 11.6 Å². The number of hydrogen-bond acceptors (Lipinski definition) is 5. The molecular weight excluding hydrogens is 467 g/mol. The van der Waals surface area contributed by atoms with Gasteiger partial charge in [0, 0.05) is 54.8 Å². The van der Waals surface area contributed by atoms with Gasteiger partial charge in [0.2, 0.25) is 5.91 Å². The smallest absolute Gasteiger partial charge is 0.246 e. The highest BCUT2D eigenvalue weighted by molar-refractivity contribution is 5.91. The van der Waals surface area contributed by atoms with Crippen LogP contribution in [0.3, 0.4) is 0 Å². The molecule has 2 aromatic carbocycles. The molecule has 1 saturated heterocycles. The van der Waals surface area contributed by atoms with Crippen molar-refractivity contribution in [2.24, 2.45) is 0 Å². The van der Waals surface area contributed by atoms with Crippen molar-refractivity contribution in [3.63, 3.8) is 0 Å². The average Bonchev–Trinajstić information content (AvgIpc) is 2.96. The summed E-state index contributed by atoms with van der Waals surface area (Å²) < 4.78 is 18.9. The number of carbonyl (C=O) groups is 1. The zero-order valence-electron chi connectivity index (χ0n) is 20.5. The summed E-state index contributed by atoms with van der Waals surface area (Å²) in [6.07, 6.45) is 10.1. The van der Waals surface area contributed by atoms with Gasteiger partial charge in [-0.15, -0.1) is 0 Å². The number of likely N-dealkylation sites (tertiary alicyclic amines) is 1. The molecule has 3 heterocycles. The zero-order chi connectivity index (χ0) is 25.6. The van der Waals surface area contributed by atoms with E-state index in [1.54, 1.807) is 37.7 Å². The van der Waals surface area contributed by atoms with E-state index in [1.165, 1.54) is 18.2 Å². The Kier molecular flexibility index (Phi) is 7.31. The monoisotopic (exact) mass is 494 g/mol. The van der Waals surface area contributed by atoms with Gasteiger partial charge in [-0.3, -0.25) is 9.78 Å². The largest absolute Gasteiger partial charge is 0.497 e. The summed E-state index contributed by atoms with van der Waals surface area (Å²) >= 11 is 0. The number of pyridine rings is 1. The van der Waals surface area contributed by atoms with Crippen LogP contribution in [-0.2, 0) is 4.79 Å². The molecule has 7 heteroatoms. The predicted molar refractivity (Wildman–Crippen MR) is 141 cm³/mol. The first kappa shape index (κ1) is 24.3. The predicted octanol–water partition coefficient (Wildman–Crippen LogP) is 5.77. The number of carbonyl (C=O) groups excluding carboxylic acids is 1. The molecule has 5 rings (SSSR count). The minimum absolute atomic E-state index is 0.0732. The lowest BCUT2D eigenvalue weighted by Gasteiger charge is -2.32. The maximum atomic E-state index is 13.4. The molecule has 0 bridgehead atoms. The lowest BCUT2D eigenvalue weighted by atomic mass is 9.88. The van der Waals surface area contributed by atoms with E-state index in [4.69, 9.17) is 9.72 Å². The van der Waals surface area contributed by atoms with Gasteiger partial charge in [0.05, 0.1) is 12.8 Å². The quantitative estimate of drug-likeness (QED) is 0.318. The van der Waals surface area contributed by atoms with Gasteiger partial charge in [0.25, 0.3) is 0 Å². The van der Waals surface area contributed by atoms with E-state index in [0.29, 0.717) is 24.5 Å². The van der Waals surface area contributed by atoms with Crippen molar-refractivity contribution in [3.8, 4) is 28.3 Å². The standard InChI is InChI=1S/C30H27FN4O2/c1-37-26-7-3-5-24(19-26)27-20-33-30(23-10-14-32-15-11-23)34-29(27)22-12-16-35(17-13-22)28(36)9-8-21-4-2-6-25(31)18-21/h2-11,14-15,18-20,22H,12-13,16-17H2,1H3/b9-8+. The summed E-state index contributed by atoms with van der Waals surface area (Å²) in [5.41, 5.74) is 4.50. The summed E-state index contributed by atoms with van der Waals surface area (Å²) in [5, 5.41) is 0. The van der Waals surface area contributed by atoms with E-state index in [-0.39, 0.29) is 17.6 Å². The third kappa shape index (κ3) is 5.72. The Bertz CT molecular complexity index is 1420. The van der Waals surface area contributed by atoms with E-state index in [0.717, 1.165) is 41.0 Å². The van der Waals surface area contributed by atoms with Crippen molar-refractivity contribution < 1.29 is 13.9 Å². The fourth-order valence-electron chi connectivity index (χ4n) is 4.62. The summed E-state index contributed by atoms with van der Waals surface area (Å²) in [7, 11) is 1.65. The number of amides is 1. The molecule has 0 spiro atoms. The first-order valence-electron chi connectivity index (χ1n) is 12.2. The van der Waals surface area contributed by atoms with Gasteiger partial charge in [-0.2, -0.15) is 0 Å². The third-order valence-electron chi connectivity index (χ3n) is 6.60. The SMILES string of the molecule is COc1cccc(-c2cnc(-c3ccncc3)nc2C2CCN(C(=O)/C=C/c3cccc(F)c3)CC2)c1. The van der Waals surface area contributed by atoms with Crippen LogP contribution in [0.15, 0.2) is 85.3 Å². The molecular formula is C30H27FN4O2. The third-order valence-corrected chi connectivity index (χ3v) is 6.60. The average molecular weight is 495 g/mol. The molecule has 1 amide bonds. The van der Waals surface area contributed by atoms with Crippen molar-refractivity contribution in [1.82, 2.24) is 19.9 Å². The molecule has 1 aliphatic heterocycles. The van der Waals surface area contributed by atoms with Crippen molar-refractivity contribution in [2.45, 2.75) is 18.8 Å². The van der Waals surface area contributed by atoms with Crippen molar-refractivity contribution in [3.05, 3.63) is 102 Å². The van der Waals surface area contributed by atoms with E-state index < -0.39 is 0 Å². The molecule has 0 atom stereocenters. The molecule has 186 valence electrons. The molecule has 0 N–H and O–H groups in total. The number of halogens is 1. The molecule has 0 radical (unpaired) electrons. The lowest BCUT2D eigenvalue weighted by Crippen LogP contribution is -2.37. The van der Waals surface area contributed by atoms with Crippen molar-refractivity contribution in [1.29, 1.82) is 0 Å². The number of aromatic nitrogens is 3. The molecule has 4 aromatic rings. The highest BCUT2D eigenvalue weighted by Crippen LogP contribution is 2.36. The van der Waals surface area contributed by atoms with Crippen LogP contribution in [0.25, 0.3) is 28.6 Å².